The third kappa shape index (κ3) is 8.14. The monoisotopic (exact) mass is 235 g/mol. The summed E-state index contributed by atoms with van der Waals surface area (Å²) in [6.45, 7) is 5.22. The molecule has 6 heteroatoms. The van der Waals surface area contributed by atoms with Crippen LogP contribution in [0.1, 0.15) is 26.2 Å². The van der Waals surface area contributed by atoms with Gasteiger partial charge in [0.05, 0.1) is 5.75 Å². The first-order valence-corrected chi connectivity index (χ1v) is 6.38. The lowest BCUT2D eigenvalue weighted by Crippen LogP contribution is -2.38. The second-order valence-electron chi connectivity index (χ2n) is 3.30. The summed E-state index contributed by atoms with van der Waals surface area (Å²) in [7, 11) is -4.06. The third-order valence-electron chi connectivity index (χ3n) is 1.85. The van der Waals surface area contributed by atoms with Gasteiger partial charge < -0.3 is 5.32 Å². The lowest BCUT2D eigenvalue weighted by atomic mass is 10.1. The van der Waals surface area contributed by atoms with Crippen molar-refractivity contribution in [1.29, 1.82) is 0 Å². The molecule has 0 aromatic heterocycles. The maximum absolute atomic E-state index is 11.0. The molecule has 0 saturated carbocycles. The van der Waals surface area contributed by atoms with Crippen LogP contribution in [0.3, 0.4) is 0 Å². The second kappa shape index (κ2) is 6.58. The molecule has 0 fully saturated rings. The molecule has 0 aliphatic heterocycles. The van der Waals surface area contributed by atoms with Crippen molar-refractivity contribution in [2.75, 3.05) is 5.75 Å². The van der Waals surface area contributed by atoms with Crippen LogP contribution in [-0.2, 0) is 14.9 Å². The molecule has 15 heavy (non-hydrogen) atoms. The van der Waals surface area contributed by atoms with Crippen LogP contribution in [0.4, 0.5) is 0 Å². The number of nitrogens with one attached hydrogen (secondary N) is 1. The predicted octanol–water partition coefficient (Wildman–Crippen LogP) is 0.735. The van der Waals surface area contributed by atoms with Gasteiger partial charge in [0.1, 0.15) is 0 Å². The van der Waals surface area contributed by atoms with Crippen molar-refractivity contribution in [1.82, 2.24) is 5.32 Å². The molecule has 0 radical (unpaired) electrons. The van der Waals surface area contributed by atoms with E-state index in [0.717, 1.165) is 18.9 Å². The zero-order chi connectivity index (χ0) is 11.9. The van der Waals surface area contributed by atoms with E-state index < -0.39 is 27.8 Å². The first-order valence-electron chi connectivity index (χ1n) is 4.77. The van der Waals surface area contributed by atoms with E-state index in [-0.39, 0.29) is 0 Å². The average Bonchev–Trinajstić information content (AvgIpc) is 2.11. The van der Waals surface area contributed by atoms with Gasteiger partial charge in [-0.15, -0.1) is 0 Å². The van der Waals surface area contributed by atoms with E-state index in [0.29, 0.717) is 6.42 Å². The van der Waals surface area contributed by atoms with E-state index in [9.17, 15) is 13.2 Å². The molecular formula is C9H17NO4S. The highest BCUT2D eigenvalue weighted by molar-refractivity contribution is 7.85. The molecule has 88 valence electrons. The number of hydrogen-bond donors (Lipinski definition) is 2. The number of rotatable bonds is 7. The molecule has 1 amide bonds. The van der Waals surface area contributed by atoms with Gasteiger partial charge in [-0.05, 0) is 12.5 Å². The summed E-state index contributed by atoms with van der Waals surface area (Å²) in [6, 6.07) is -0.551. The quantitative estimate of drug-likeness (QED) is 0.503. The summed E-state index contributed by atoms with van der Waals surface area (Å²) in [5, 5.41) is 2.46. The zero-order valence-corrected chi connectivity index (χ0v) is 9.59. The summed E-state index contributed by atoms with van der Waals surface area (Å²) in [6.07, 6.45) is 3.28. The van der Waals surface area contributed by atoms with Crippen molar-refractivity contribution in [2.45, 2.75) is 32.2 Å². The molecule has 0 heterocycles. The van der Waals surface area contributed by atoms with Gasteiger partial charge in [0.15, 0.2) is 0 Å². The van der Waals surface area contributed by atoms with Gasteiger partial charge in [0, 0.05) is 6.04 Å². The van der Waals surface area contributed by atoms with E-state index >= 15 is 0 Å². The summed E-state index contributed by atoms with van der Waals surface area (Å²) in [5.74, 6) is -0.883. The highest BCUT2D eigenvalue weighted by Gasteiger charge is 2.17. The standard InChI is InChI=1S/C9H17NO4S/c1-3-5-6-8(7-15(12,13)14)10-9(11)4-2/h4,8H,2-3,5-7H2,1H3,(H,10,11)(H,12,13,14). The largest absolute Gasteiger partial charge is 0.349 e. The van der Waals surface area contributed by atoms with Crippen LogP contribution in [0.2, 0.25) is 0 Å². The highest BCUT2D eigenvalue weighted by atomic mass is 32.2. The van der Waals surface area contributed by atoms with Gasteiger partial charge in [0.2, 0.25) is 5.91 Å². The molecule has 0 rings (SSSR count). The van der Waals surface area contributed by atoms with E-state index in [2.05, 4.69) is 11.9 Å². The number of carbonyl (C=O) groups is 1. The minimum atomic E-state index is -4.06. The lowest BCUT2D eigenvalue weighted by Gasteiger charge is -2.15. The van der Waals surface area contributed by atoms with Crippen LogP contribution in [0.15, 0.2) is 12.7 Å². The van der Waals surface area contributed by atoms with Crippen molar-refractivity contribution in [3.8, 4) is 0 Å². The van der Waals surface area contributed by atoms with Crippen molar-refractivity contribution in [2.24, 2.45) is 0 Å². The first kappa shape index (κ1) is 14.1. The molecule has 0 bridgehead atoms. The molecular weight excluding hydrogens is 218 g/mol. The van der Waals surface area contributed by atoms with E-state index in [1.807, 2.05) is 6.92 Å². The summed E-state index contributed by atoms with van der Waals surface area (Å²) in [5.41, 5.74) is 0. The van der Waals surface area contributed by atoms with Gasteiger partial charge in [-0.1, -0.05) is 26.3 Å². The molecule has 0 spiro atoms. The van der Waals surface area contributed by atoms with Crippen LogP contribution in [-0.4, -0.2) is 30.7 Å². The Morgan fingerprint density at radius 3 is 2.60 bits per heavy atom. The Labute approximate surface area is 90.3 Å². The normalized spacial score (nSPS) is 13.2. The van der Waals surface area contributed by atoms with Crippen LogP contribution < -0.4 is 5.32 Å². The van der Waals surface area contributed by atoms with Gasteiger partial charge in [-0.25, -0.2) is 0 Å². The first-order chi connectivity index (χ1) is 6.89. The van der Waals surface area contributed by atoms with Gasteiger partial charge in [-0.2, -0.15) is 8.42 Å². The zero-order valence-electron chi connectivity index (χ0n) is 8.77. The molecule has 5 nitrogen and oxygen atoms in total. The molecule has 0 aliphatic carbocycles. The Morgan fingerprint density at radius 2 is 2.20 bits per heavy atom. The van der Waals surface area contributed by atoms with Crippen molar-refractivity contribution in [3.63, 3.8) is 0 Å². The molecule has 2 N–H and O–H groups in total. The fraction of sp³-hybridized carbons (Fsp3) is 0.667. The molecule has 1 atom stereocenters. The van der Waals surface area contributed by atoms with Crippen LogP contribution in [0, 0.1) is 0 Å². The molecule has 1 unspecified atom stereocenters. The minimum absolute atomic E-state index is 0.431. The highest BCUT2D eigenvalue weighted by Crippen LogP contribution is 2.03. The SMILES string of the molecule is C=CC(=O)NC(CCCC)CS(=O)(=O)O. The minimum Gasteiger partial charge on any atom is -0.349 e. The smallest absolute Gasteiger partial charge is 0.266 e. The number of carbonyl (C=O) groups excluding carboxylic acids is 1. The summed E-state index contributed by atoms with van der Waals surface area (Å²) >= 11 is 0. The predicted molar refractivity (Wildman–Crippen MR) is 58.1 cm³/mol. The van der Waals surface area contributed by atoms with Gasteiger partial charge >= 0.3 is 0 Å². The number of unbranched alkanes of at least 4 members (excludes halogenated alkanes) is 1. The van der Waals surface area contributed by atoms with Gasteiger partial charge in [0.25, 0.3) is 10.1 Å². The second-order valence-corrected chi connectivity index (χ2v) is 4.80. The maximum atomic E-state index is 11.0. The topological polar surface area (TPSA) is 83.5 Å². The van der Waals surface area contributed by atoms with Crippen molar-refractivity contribution < 1.29 is 17.8 Å². The average molecular weight is 235 g/mol. The van der Waals surface area contributed by atoms with Crippen molar-refractivity contribution >= 4 is 16.0 Å². The summed E-state index contributed by atoms with van der Waals surface area (Å²) in [4.78, 5) is 11.0. The lowest BCUT2D eigenvalue weighted by molar-refractivity contribution is -0.117. The molecule has 0 aliphatic rings. The van der Waals surface area contributed by atoms with E-state index in [1.165, 1.54) is 0 Å². The van der Waals surface area contributed by atoms with Gasteiger partial charge in [-0.3, -0.25) is 9.35 Å². The van der Waals surface area contributed by atoms with E-state index in [1.54, 1.807) is 0 Å². The van der Waals surface area contributed by atoms with E-state index in [4.69, 9.17) is 4.55 Å². The summed E-state index contributed by atoms with van der Waals surface area (Å²) < 4.78 is 30.0. The fourth-order valence-corrected chi connectivity index (χ4v) is 1.92. The van der Waals surface area contributed by atoms with Crippen LogP contribution in [0.5, 0.6) is 0 Å². The Morgan fingerprint density at radius 1 is 1.60 bits per heavy atom. The Hall–Kier alpha value is -0.880. The Bertz CT molecular complexity index is 310. The maximum Gasteiger partial charge on any atom is 0.266 e. The molecule has 0 aromatic carbocycles. The fourth-order valence-electron chi connectivity index (χ4n) is 1.16. The van der Waals surface area contributed by atoms with Crippen molar-refractivity contribution in [3.05, 3.63) is 12.7 Å². The number of amides is 1. The molecule has 0 aromatic rings. The Balaban J connectivity index is 4.30. The Kier molecular flexibility index (Phi) is 6.19. The van der Waals surface area contributed by atoms with Crippen LogP contribution >= 0.6 is 0 Å². The molecule has 0 saturated heterocycles. The van der Waals surface area contributed by atoms with Crippen LogP contribution in [0.25, 0.3) is 0 Å². The number of hydrogen-bond acceptors (Lipinski definition) is 3. The third-order valence-corrected chi connectivity index (χ3v) is 2.67.